The van der Waals surface area contributed by atoms with Gasteiger partial charge >= 0.3 is 5.97 Å². The molecule has 0 radical (unpaired) electrons. The Morgan fingerprint density at radius 1 is 1.29 bits per heavy atom. The van der Waals surface area contributed by atoms with Gasteiger partial charge in [0.25, 0.3) is 5.91 Å². The third kappa shape index (κ3) is 4.72. The van der Waals surface area contributed by atoms with Gasteiger partial charge < -0.3 is 14.8 Å². The third-order valence-corrected chi connectivity index (χ3v) is 5.93. The number of nitrogens with zero attached hydrogens (tertiary/aromatic N) is 1. The molecule has 2 fully saturated rings. The molecule has 4 unspecified atom stereocenters. The number of nitriles is 1. The molecule has 1 amide bonds. The number of carbonyl (C=O) groups is 2. The minimum atomic E-state index is -0.805. The lowest BCUT2D eigenvalue weighted by molar-refractivity contribution is -0.144. The molecular weight excluding hydrogens is 356 g/mol. The smallest absolute Gasteiger partial charge is 0.349 e. The summed E-state index contributed by atoms with van der Waals surface area (Å²) in [5, 5.41) is 12.2. The normalized spacial score (nSPS) is 24.3. The molecule has 1 N–H and O–H groups in total. The number of fused-ring (bicyclic) bond motifs is 2. The molecule has 2 aliphatic carbocycles. The van der Waals surface area contributed by atoms with Gasteiger partial charge in [0.2, 0.25) is 0 Å². The van der Waals surface area contributed by atoms with Gasteiger partial charge in [0.05, 0.1) is 7.11 Å². The molecule has 4 atom stereocenters. The Labute approximate surface area is 165 Å². The van der Waals surface area contributed by atoms with E-state index in [-0.39, 0.29) is 24.1 Å². The molecular formula is C22H26N2O4. The summed E-state index contributed by atoms with van der Waals surface area (Å²) in [6.07, 6.45) is 6.46. The van der Waals surface area contributed by atoms with Crippen molar-refractivity contribution in [2.45, 2.75) is 38.6 Å². The second-order valence-electron chi connectivity index (χ2n) is 7.71. The minimum absolute atomic E-state index is 0.0757. The van der Waals surface area contributed by atoms with Gasteiger partial charge in [-0.2, -0.15) is 5.26 Å². The van der Waals surface area contributed by atoms with Crippen molar-refractivity contribution in [3.63, 3.8) is 0 Å². The quantitative estimate of drug-likeness (QED) is 0.445. The number of rotatable bonds is 7. The highest BCUT2D eigenvalue weighted by molar-refractivity contribution is 5.98. The summed E-state index contributed by atoms with van der Waals surface area (Å²) in [5.74, 6) is 1.59. The van der Waals surface area contributed by atoms with E-state index in [1.807, 2.05) is 13.0 Å². The van der Waals surface area contributed by atoms with Crippen molar-refractivity contribution in [3.8, 4) is 11.8 Å². The molecule has 1 aromatic rings. The van der Waals surface area contributed by atoms with Crippen molar-refractivity contribution in [1.29, 1.82) is 5.26 Å². The maximum atomic E-state index is 12.2. The largest absolute Gasteiger partial charge is 0.497 e. The highest BCUT2D eigenvalue weighted by Crippen LogP contribution is 2.49. The van der Waals surface area contributed by atoms with Gasteiger partial charge in [-0.1, -0.05) is 18.6 Å². The minimum Gasteiger partial charge on any atom is -0.497 e. The number of ether oxygens (including phenoxy) is 2. The fourth-order valence-corrected chi connectivity index (χ4v) is 4.52. The van der Waals surface area contributed by atoms with Crippen LogP contribution in [0.1, 0.15) is 38.2 Å². The van der Waals surface area contributed by atoms with Gasteiger partial charge in [-0.15, -0.1) is 0 Å². The Kier molecular flexibility index (Phi) is 6.35. The second kappa shape index (κ2) is 8.92. The molecule has 2 aliphatic rings. The van der Waals surface area contributed by atoms with Crippen molar-refractivity contribution in [3.05, 3.63) is 35.4 Å². The highest BCUT2D eigenvalue weighted by atomic mass is 16.5. The van der Waals surface area contributed by atoms with Crippen LogP contribution in [-0.4, -0.2) is 31.6 Å². The second-order valence-corrected chi connectivity index (χ2v) is 7.71. The van der Waals surface area contributed by atoms with Crippen molar-refractivity contribution in [1.82, 2.24) is 5.32 Å². The lowest BCUT2D eigenvalue weighted by Crippen LogP contribution is -2.42. The maximum Gasteiger partial charge on any atom is 0.349 e. The number of methoxy groups -OCH3 is 1. The lowest BCUT2D eigenvalue weighted by Gasteiger charge is -2.28. The summed E-state index contributed by atoms with van der Waals surface area (Å²) in [5.41, 5.74) is 0.516. The Morgan fingerprint density at radius 2 is 2.04 bits per heavy atom. The zero-order chi connectivity index (χ0) is 20.1. The number of carbonyl (C=O) groups excluding carboxylic acids is 2. The molecule has 148 valence electrons. The van der Waals surface area contributed by atoms with E-state index in [9.17, 15) is 14.9 Å². The number of benzene rings is 1. The van der Waals surface area contributed by atoms with Crippen LogP contribution in [0.15, 0.2) is 29.8 Å². The third-order valence-electron chi connectivity index (χ3n) is 5.93. The fraction of sp³-hybridized carbons (Fsp3) is 0.500. The van der Waals surface area contributed by atoms with E-state index in [4.69, 9.17) is 9.47 Å². The van der Waals surface area contributed by atoms with E-state index in [2.05, 4.69) is 5.32 Å². The first kappa shape index (κ1) is 19.9. The molecule has 0 aliphatic heterocycles. The van der Waals surface area contributed by atoms with E-state index in [1.165, 1.54) is 31.8 Å². The predicted molar refractivity (Wildman–Crippen MR) is 104 cm³/mol. The van der Waals surface area contributed by atoms with Gasteiger partial charge in [-0.05, 0) is 67.7 Å². The fourth-order valence-electron chi connectivity index (χ4n) is 4.52. The Bertz CT molecular complexity index is 794. The lowest BCUT2D eigenvalue weighted by atomic mass is 9.84. The van der Waals surface area contributed by atoms with Crippen LogP contribution in [0.4, 0.5) is 0 Å². The van der Waals surface area contributed by atoms with Crippen LogP contribution in [0.25, 0.3) is 6.08 Å². The van der Waals surface area contributed by atoms with E-state index in [1.54, 1.807) is 31.4 Å². The number of amides is 1. The molecule has 2 bridgehead atoms. The van der Waals surface area contributed by atoms with Crippen LogP contribution in [0.2, 0.25) is 0 Å². The van der Waals surface area contributed by atoms with Crippen LogP contribution in [0, 0.1) is 29.1 Å². The van der Waals surface area contributed by atoms with Crippen LogP contribution in [0.3, 0.4) is 0 Å². The van der Waals surface area contributed by atoms with Crippen molar-refractivity contribution in [2.24, 2.45) is 17.8 Å². The Balaban J connectivity index is 1.49. The van der Waals surface area contributed by atoms with E-state index in [0.29, 0.717) is 23.1 Å². The summed E-state index contributed by atoms with van der Waals surface area (Å²) >= 11 is 0. The van der Waals surface area contributed by atoms with E-state index in [0.717, 1.165) is 5.92 Å². The molecule has 0 heterocycles. The molecule has 6 heteroatoms. The van der Waals surface area contributed by atoms with Crippen molar-refractivity contribution in [2.75, 3.05) is 13.7 Å². The first-order chi connectivity index (χ1) is 13.5. The molecule has 6 nitrogen and oxygen atoms in total. The number of esters is 1. The Hall–Kier alpha value is -2.81. The first-order valence-electron chi connectivity index (χ1n) is 9.72. The number of hydrogen-bond donors (Lipinski definition) is 1. The summed E-state index contributed by atoms with van der Waals surface area (Å²) in [7, 11) is 1.56. The summed E-state index contributed by atoms with van der Waals surface area (Å²) in [6, 6.07) is 8.83. The highest BCUT2D eigenvalue weighted by Gasteiger charge is 2.42. The zero-order valence-electron chi connectivity index (χ0n) is 16.3. The maximum absolute atomic E-state index is 12.2. The average molecular weight is 382 g/mol. The Morgan fingerprint density at radius 3 is 2.61 bits per heavy atom. The molecule has 3 rings (SSSR count). The first-order valence-corrected chi connectivity index (χ1v) is 9.72. The molecule has 0 spiro atoms. The van der Waals surface area contributed by atoms with Gasteiger partial charge in [0.1, 0.15) is 17.4 Å². The van der Waals surface area contributed by atoms with Crippen LogP contribution >= 0.6 is 0 Å². The van der Waals surface area contributed by atoms with Crippen molar-refractivity contribution >= 4 is 18.0 Å². The van der Waals surface area contributed by atoms with Gasteiger partial charge in [0, 0.05) is 6.04 Å². The monoisotopic (exact) mass is 382 g/mol. The molecule has 1 aromatic carbocycles. The summed E-state index contributed by atoms with van der Waals surface area (Å²) in [6.45, 7) is 1.64. The summed E-state index contributed by atoms with van der Waals surface area (Å²) in [4.78, 5) is 24.3. The molecule has 2 saturated carbocycles. The summed E-state index contributed by atoms with van der Waals surface area (Å²) < 4.78 is 10.1. The van der Waals surface area contributed by atoms with Crippen LogP contribution in [-0.2, 0) is 14.3 Å². The molecule has 28 heavy (non-hydrogen) atoms. The molecule has 0 aromatic heterocycles. The molecule has 0 saturated heterocycles. The van der Waals surface area contributed by atoms with Crippen molar-refractivity contribution < 1.29 is 19.1 Å². The van der Waals surface area contributed by atoms with Gasteiger partial charge in [-0.3, -0.25) is 4.79 Å². The standard InChI is InChI=1S/C22H26N2O4/c1-14(20-11-16-3-6-17(20)10-16)24-21(25)13-28-22(26)18(12-23)9-15-4-7-19(27-2)8-5-15/h4-5,7-9,14,16-17,20H,3,6,10-11,13H2,1-2H3,(H,24,25). The number of hydrogen-bond acceptors (Lipinski definition) is 5. The van der Waals surface area contributed by atoms with Crippen LogP contribution in [0.5, 0.6) is 5.75 Å². The topological polar surface area (TPSA) is 88.4 Å². The SMILES string of the molecule is COc1ccc(C=C(C#N)C(=O)OCC(=O)NC(C)C2CC3CCC2C3)cc1. The number of nitrogens with one attached hydrogen (secondary N) is 1. The van der Waals surface area contributed by atoms with E-state index < -0.39 is 5.97 Å². The zero-order valence-corrected chi connectivity index (χ0v) is 16.3. The van der Waals surface area contributed by atoms with Crippen LogP contribution < -0.4 is 10.1 Å². The van der Waals surface area contributed by atoms with E-state index >= 15 is 0 Å². The average Bonchev–Trinajstić information content (AvgIpc) is 3.34. The van der Waals surface area contributed by atoms with Gasteiger partial charge in [0.15, 0.2) is 6.61 Å². The predicted octanol–water partition coefficient (Wildman–Crippen LogP) is 3.09. The van der Waals surface area contributed by atoms with Gasteiger partial charge in [-0.25, -0.2) is 4.79 Å².